The third kappa shape index (κ3) is 5.75. The number of hydrogen-bond acceptors (Lipinski definition) is 6. The number of benzene rings is 2. The molecule has 6 nitrogen and oxygen atoms in total. The van der Waals surface area contributed by atoms with Gasteiger partial charge in [0.25, 0.3) is 5.91 Å². The van der Waals surface area contributed by atoms with Gasteiger partial charge in [0.1, 0.15) is 23.9 Å². The molecule has 0 radical (unpaired) electrons. The maximum absolute atomic E-state index is 12.9. The van der Waals surface area contributed by atoms with Crippen molar-refractivity contribution in [2.24, 2.45) is 0 Å². The zero-order valence-corrected chi connectivity index (χ0v) is 16.3. The predicted molar refractivity (Wildman–Crippen MR) is 105 cm³/mol. The minimum Gasteiger partial charge on any atom is -0.486 e. The number of hydrogen-bond donors (Lipinski definition) is 1. The SMILES string of the molecule is CC(C)c1ccc(OCC(=O)Nc2nnc(COc3ccc(F)cc3)s2)cc1. The molecule has 0 unspecified atom stereocenters. The Kier molecular flexibility index (Phi) is 6.54. The van der Waals surface area contributed by atoms with E-state index in [9.17, 15) is 9.18 Å². The fourth-order valence-electron chi connectivity index (χ4n) is 2.29. The highest BCUT2D eigenvalue weighted by Gasteiger charge is 2.10. The van der Waals surface area contributed by atoms with E-state index in [0.29, 0.717) is 27.6 Å². The predicted octanol–water partition coefficient (Wildman–Crippen LogP) is 4.40. The number of anilines is 1. The van der Waals surface area contributed by atoms with Crippen LogP contribution in [0.2, 0.25) is 0 Å². The summed E-state index contributed by atoms with van der Waals surface area (Å²) < 4.78 is 23.9. The molecule has 1 N–H and O–H groups in total. The van der Waals surface area contributed by atoms with Crippen LogP contribution in [-0.4, -0.2) is 22.7 Å². The van der Waals surface area contributed by atoms with E-state index >= 15 is 0 Å². The Hall–Kier alpha value is -3.00. The standard InChI is InChI=1S/C20H20FN3O3S/c1-13(2)14-3-7-16(8-4-14)26-11-18(25)22-20-24-23-19(28-20)12-27-17-9-5-15(21)6-10-17/h3-10,13H,11-12H2,1-2H3,(H,22,24,25). The number of aromatic nitrogens is 2. The average Bonchev–Trinajstić information content (AvgIpc) is 3.13. The van der Waals surface area contributed by atoms with Crippen LogP contribution in [0.15, 0.2) is 48.5 Å². The monoisotopic (exact) mass is 401 g/mol. The third-order valence-electron chi connectivity index (χ3n) is 3.81. The summed E-state index contributed by atoms with van der Waals surface area (Å²) >= 11 is 1.20. The van der Waals surface area contributed by atoms with E-state index in [-0.39, 0.29) is 24.9 Å². The van der Waals surface area contributed by atoms with Gasteiger partial charge >= 0.3 is 0 Å². The zero-order chi connectivity index (χ0) is 19.9. The highest BCUT2D eigenvalue weighted by atomic mass is 32.1. The van der Waals surface area contributed by atoms with Crippen molar-refractivity contribution in [3.05, 3.63) is 64.9 Å². The molecule has 0 fully saturated rings. The molecule has 0 saturated carbocycles. The van der Waals surface area contributed by atoms with Gasteiger partial charge < -0.3 is 9.47 Å². The zero-order valence-electron chi connectivity index (χ0n) is 15.5. The van der Waals surface area contributed by atoms with Crippen LogP contribution in [0.1, 0.15) is 30.3 Å². The Morgan fingerprint density at radius 2 is 1.68 bits per heavy atom. The quantitative estimate of drug-likeness (QED) is 0.606. The Morgan fingerprint density at radius 3 is 2.36 bits per heavy atom. The lowest BCUT2D eigenvalue weighted by atomic mass is 10.0. The van der Waals surface area contributed by atoms with Crippen molar-refractivity contribution in [3.63, 3.8) is 0 Å². The average molecular weight is 401 g/mol. The first-order valence-electron chi connectivity index (χ1n) is 8.73. The van der Waals surface area contributed by atoms with Crippen molar-refractivity contribution in [3.8, 4) is 11.5 Å². The van der Waals surface area contributed by atoms with Crippen LogP contribution in [0, 0.1) is 5.82 Å². The molecule has 0 atom stereocenters. The highest BCUT2D eigenvalue weighted by Crippen LogP contribution is 2.20. The molecule has 28 heavy (non-hydrogen) atoms. The molecule has 2 aromatic carbocycles. The number of halogens is 1. The minimum atomic E-state index is -0.327. The maximum Gasteiger partial charge on any atom is 0.264 e. The minimum absolute atomic E-state index is 0.123. The Labute approximate surface area is 166 Å². The fourth-order valence-corrected chi connectivity index (χ4v) is 2.96. The molecule has 0 aliphatic heterocycles. The van der Waals surface area contributed by atoms with Crippen molar-refractivity contribution >= 4 is 22.4 Å². The molecule has 1 aromatic heterocycles. The van der Waals surface area contributed by atoms with Crippen molar-refractivity contribution in [2.75, 3.05) is 11.9 Å². The van der Waals surface area contributed by atoms with Crippen LogP contribution in [0.25, 0.3) is 0 Å². The summed E-state index contributed by atoms with van der Waals surface area (Å²) in [7, 11) is 0. The van der Waals surface area contributed by atoms with Crippen molar-refractivity contribution < 1.29 is 18.7 Å². The molecule has 0 saturated heterocycles. The van der Waals surface area contributed by atoms with E-state index in [0.717, 1.165) is 0 Å². The van der Waals surface area contributed by atoms with E-state index in [4.69, 9.17) is 9.47 Å². The first-order chi connectivity index (χ1) is 13.5. The number of nitrogens with zero attached hydrogens (tertiary/aromatic N) is 2. The summed E-state index contributed by atoms with van der Waals surface area (Å²) in [5.74, 6) is 0.946. The van der Waals surface area contributed by atoms with Crippen LogP contribution < -0.4 is 14.8 Å². The van der Waals surface area contributed by atoms with Gasteiger partial charge in [0.15, 0.2) is 11.6 Å². The summed E-state index contributed by atoms with van der Waals surface area (Å²) in [5.41, 5.74) is 1.21. The number of carbonyl (C=O) groups excluding carboxylic acids is 1. The normalized spacial score (nSPS) is 10.7. The Morgan fingerprint density at radius 1 is 1.04 bits per heavy atom. The van der Waals surface area contributed by atoms with Crippen molar-refractivity contribution in [1.29, 1.82) is 0 Å². The molecule has 1 heterocycles. The van der Waals surface area contributed by atoms with Crippen LogP contribution in [0.5, 0.6) is 11.5 Å². The number of nitrogens with one attached hydrogen (secondary N) is 1. The largest absolute Gasteiger partial charge is 0.486 e. The summed E-state index contributed by atoms with van der Waals surface area (Å²) in [6, 6.07) is 13.4. The number of amides is 1. The third-order valence-corrected chi connectivity index (χ3v) is 4.62. The van der Waals surface area contributed by atoms with E-state index in [2.05, 4.69) is 29.4 Å². The number of rotatable bonds is 8. The molecule has 3 rings (SSSR count). The van der Waals surface area contributed by atoms with Gasteiger partial charge in [-0.1, -0.05) is 37.3 Å². The molecule has 1 amide bonds. The topological polar surface area (TPSA) is 73.3 Å². The number of ether oxygens (including phenoxy) is 2. The Balaban J connectivity index is 1.44. The van der Waals surface area contributed by atoms with Gasteiger partial charge in [-0.25, -0.2) is 4.39 Å². The summed E-state index contributed by atoms with van der Waals surface area (Å²) in [6.45, 7) is 4.29. The lowest BCUT2D eigenvalue weighted by Crippen LogP contribution is -2.20. The molecule has 0 spiro atoms. The van der Waals surface area contributed by atoms with Crippen molar-refractivity contribution in [2.45, 2.75) is 26.4 Å². The van der Waals surface area contributed by atoms with Crippen LogP contribution >= 0.6 is 11.3 Å². The molecule has 3 aromatic rings. The lowest BCUT2D eigenvalue weighted by Gasteiger charge is -2.08. The van der Waals surface area contributed by atoms with E-state index in [1.54, 1.807) is 0 Å². The fraction of sp³-hybridized carbons (Fsp3) is 0.250. The lowest BCUT2D eigenvalue weighted by molar-refractivity contribution is -0.118. The molecular formula is C20H20FN3O3S. The molecule has 0 aliphatic carbocycles. The van der Waals surface area contributed by atoms with Gasteiger partial charge in [-0.15, -0.1) is 10.2 Å². The van der Waals surface area contributed by atoms with E-state index in [1.807, 2.05) is 24.3 Å². The van der Waals surface area contributed by atoms with Crippen LogP contribution in [0.4, 0.5) is 9.52 Å². The summed E-state index contributed by atoms with van der Waals surface area (Å²) in [4.78, 5) is 12.0. The van der Waals surface area contributed by atoms with E-state index < -0.39 is 0 Å². The van der Waals surface area contributed by atoms with Gasteiger partial charge in [-0.2, -0.15) is 0 Å². The van der Waals surface area contributed by atoms with E-state index in [1.165, 1.54) is 41.2 Å². The van der Waals surface area contributed by atoms with Gasteiger partial charge in [0.05, 0.1) is 0 Å². The first-order valence-corrected chi connectivity index (χ1v) is 9.54. The molecule has 146 valence electrons. The molecular weight excluding hydrogens is 381 g/mol. The van der Waals surface area contributed by atoms with Gasteiger partial charge in [0, 0.05) is 0 Å². The smallest absolute Gasteiger partial charge is 0.264 e. The van der Waals surface area contributed by atoms with Crippen molar-refractivity contribution in [1.82, 2.24) is 10.2 Å². The molecule has 8 heteroatoms. The van der Waals surface area contributed by atoms with Crippen LogP contribution in [-0.2, 0) is 11.4 Å². The summed E-state index contributed by atoms with van der Waals surface area (Å²) in [6.07, 6.45) is 0. The Bertz CT molecular complexity index is 911. The second-order valence-corrected chi connectivity index (χ2v) is 7.37. The van der Waals surface area contributed by atoms with Gasteiger partial charge in [-0.3, -0.25) is 10.1 Å². The summed E-state index contributed by atoms with van der Waals surface area (Å²) in [5, 5.41) is 11.5. The van der Waals surface area contributed by atoms with Gasteiger partial charge in [-0.05, 0) is 47.9 Å². The second kappa shape index (κ2) is 9.27. The molecule has 0 bridgehead atoms. The highest BCUT2D eigenvalue weighted by molar-refractivity contribution is 7.15. The van der Waals surface area contributed by atoms with Gasteiger partial charge in [0.2, 0.25) is 5.13 Å². The maximum atomic E-state index is 12.9. The first kappa shape index (κ1) is 19.8. The molecule has 0 aliphatic rings. The second-order valence-electron chi connectivity index (χ2n) is 6.30. The van der Waals surface area contributed by atoms with Crippen LogP contribution in [0.3, 0.4) is 0 Å². The number of carbonyl (C=O) groups is 1.